The summed E-state index contributed by atoms with van der Waals surface area (Å²) in [5.74, 6) is 0. The molecule has 2 heteroatoms. The number of likely N-dealkylation sites (tertiary alicyclic amines) is 1. The molecule has 0 aromatic heterocycles. The Hall–Kier alpha value is -0.0800. The smallest absolute Gasteiger partial charge is 0.0774 e. The van der Waals surface area contributed by atoms with Crippen molar-refractivity contribution in [3.05, 3.63) is 0 Å². The van der Waals surface area contributed by atoms with Gasteiger partial charge in [-0.3, -0.25) is 0 Å². The molecule has 1 aliphatic heterocycles. The molecule has 1 heterocycles. The molecule has 0 atom stereocenters. The Bertz CT molecular complexity index is 146. The number of aliphatic hydroxyl groups is 1. The molecule has 0 aromatic rings. The SMILES string of the molecule is OC1(CN2CCCC2)CCCC1. The van der Waals surface area contributed by atoms with Gasteiger partial charge in [0.05, 0.1) is 5.60 Å². The van der Waals surface area contributed by atoms with Crippen molar-refractivity contribution in [2.45, 2.75) is 44.1 Å². The predicted molar refractivity (Wildman–Crippen MR) is 49.1 cm³/mol. The van der Waals surface area contributed by atoms with Gasteiger partial charge in [-0.05, 0) is 38.8 Å². The van der Waals surface area contributed by atoms with Crippen LogP contribution in [0.5, 0.6) is 0 Å². The molecule has 2 aliphatic rings. The normalized spacial score (nSPS) is 29.8. The van der Waals surface area contributed by atoms with Gasteiger partial charge in [-0.15, -0.1) is 0 Å². The first-order valence-corrected chi connectivity index (χ1v) is 5.23. The second-order valence-electron chi connectivity index (χ2n) is 4.41. The second-order valence-corrected chi connectivity index (χ2v) is 4.41. The molecular formula is C10H19NO. The second kappa shape index (κ2) is 3.35. The standard InChI is InChI=1S/C10H19NO/c12-10(5-1-2-6-10)9-11-7-3-4-8-11/h12H,1-9H2. The zero-order chi connectivity index (χ0) is 8.44. The quantitative estimate of drug-likeness (QED) is 0.675. The highest BCUT2D eigenvalue weighted by atomic mass is 16.3. The van der Waals surface area contributed by atoms with Gasteiger partial charge >= 0.3 is 0 Å². The van der Waals surface area contributed by atoms with Gasteiger partial charge in [-0.2, -0.15) is 0 Å². The van der Waals surface area contributed by atoms with Crippen LogP contribution in [0.4, 0.5) is 0 Å². The fourth-order valence-corrected chi connectivity index (χ4v) is 2.55. The van der Waals surface area contributed by atoms with Gasteiger partial charge in [-0.1, -0.05) is 12.8 Å². The molecule has 0 aromatic carbocycles. The molecular weight excluding hydrogens is 150 g/mol. The molecule has 1 saturated heterocycles. The van der Waals surface area contributed by atoms with E-state index in [9.17, 15) is 5.11 Å². The summed E-state index contributed by atoms with van der Waals surface area (Å²) in [5.41, 5.74) is -0.315. The van der Waals surface area contributed by atoms with Crippen LogP contribution in [0.1, 0.15) is 38.5 Å². The number of nitrogens with zero attached hydrogens (tertiary/aromatic N) is 1. The summed E-state index contributed by atoms with van der Waals surface area (Å²) in [6.07, 6.45) is 7.17. The third kappa shape index (κ3) is 1.80. The van der Waals surface area contributed by atoms with Gasteiger partial charge in [0.2, 0.25) is 0 Å². The van der Waals surface area contributed by atoms with Crippen LogP contribution >= 0.6 is 0 Å². The fraction of sp³-hybridized carbons (Fsp3) is 1.00. The topological polar surface area (TPSA) is 23.5 Å². The lowest BCUT2D eigenvalue weighted by atomic mass is 10.0. The zero-order valence-corrected chi connectivity index (χ0v) is 7.76. The summed E-state index contributed by atoms with van der Waals surface area (Å²) < 4.78 is 0. The molecule has 0 bridgehead atoms. The Morgan fingerprint density at radius 2 is 1.58 bits per heavy atom. The van der Waals surface area contributed by atoms with Crippen molar-refractivity contribution in [2.75, 3.05) is 19.6 Å². The molecule has 0 amide bonds. The molecule has 1 saturated carbocycles. The van der Waals surface area contributed by atoms with Crippen LogP contribution < -0.4 is 0 Å². The lowest BCUT2D eigenvalue weighted by molar-refractivity contribution is 0.0158. The van der Waals surface area contributed by atoms with Crippen LogP contribution in [0, 0.1) is 0 Å². The number of hydrogen-bond acceptors (Lipinski definition) is 2. The third-order valence-corrected chi connectivity index (χ3v) is 3.25. The maximum atomic E-state index is 10.1. The first kappa shape index (κ1) is 8.52. The summed E-state index contributed by atoms with van der Waals surface area (Å²) in [5, 5.41) is 10.1. The monoisotopic (exact) mass is 169 g/mol. The van der Waals surface area contributed by atoms with Gasteiger partial charge in [0.25, 0.3) is 0 Å². The molecule has 0 spiro atoms. The van der Waals surface area contributed by atoms with Crippen LogP contribution in [0.25, 0.3) is 0 Å². The molecule has 0 radical (unpaired) electrons. The van der Waals surface area contributed by atoms with Gasteiger partial charge in [-0.25, -0.2) is 0 Å². The molecule has 70 valence electrons. The van der Waals surface area contributed by atoms with E-state index in [-0.39, 0.29) is 5.60 Å². The first-order chi connectivity index (χ1) is 5.79. The van der Waals surface area contributed by atoms with E-state index in [1.165, 1.54) is 38.8 Å². The average molecular weight is 169 g/mol. The van der Waals surface area contributed by atoms with Crippen molar-refractivity contribution < 1.29 is 5.11 Å². The van der Waals surface area contributed by atoms with E-state index in [1.807, 2.05) is 0 Å². The molecule has 1 N–H and O–H groups in total. The van der Waals surface area contributed by atoms with Crippen molar-refractivity contribution in [3.8, 4) is 0 Å². The maximum absolute atomic E-state index is 10.1. The van der Waals surface area contributed by atoms with Crippen LogP contribution in [0.2, 0.25) is 0 Å². The van der Waals surface area contributed by atoms with Crippen molar-refractivity contribution in [1.29, 1.82) is 0 Å². The van der Waals surface area contributed by atoms with Gasteiger partial charge < -0.3 is 10.0 Å². The van der Waals surface area contributed by atoms with E-state index in [0.717, 1.165) is 19.4 Å². The van der Waals surface area contributed by atoms with Gasteiger partial charge in [0, 0.05) is 6.54 Å². The summed E-state index contributed by atoms with van der Waals surface area (Å²) in [7, 11) is 0. The molecule has 1 aliphatic carbocycles. The summed E-state index contributed by atoms with van der Waals surface area (Å²) >= 11 is 0. The third-order valence-electron chi connectivity index (χ3n) is 3.25. The van der Waals surface area contributed by atoms with E-state index < -0.39 is 0 Å². The van der Waals surface area contributed by atoms with Crippen LogP contribution in [-0.4, -0.2) is 35.2 Å². The highest BCUT2D eigenvalue weighted by Crippen LogP contribution is 2.30. The summed E-state index contributed by atoms with van der Waals surface area (Å²) in [6, 6.07) is 0. The largest absolute Gasteiger partial charge is 0.389 e. The minimum atomic E-state index is -0.315. The van der Waals surface area contributed by atoms with E-state index in [2.05, 4.69) is 4.90 Å². The zero-order valence-electron chi connectivity index (χ0n) is 7.76. The van der Waals surface area contributed by atoms with Gasteiger partial charge in [0.1, 0.15) is 0 Å². The van der Waals surface area contributed by atoms with Crippen LogP contribution in [0.15, 0.2) is 0 Å². The molecule has 2 fully saturated rings. The summed E-state index contributed by atoms with van der Waals surface area (Å²) in [4.78, 5) is 2.42. The average Bonchev–Trinajstić information content (AvgIpc) is 2.62. The molecule has 2 rings (SSSR count). The minimum Gasteiger partial charge on any atom is -0.389 e. The minimum absolute atomic E-state index is 0.315. The Balaban J connectivity index is 1.83. The Morgan fingerprint density at radius 1 is 1.00 bits per heavy atom. The van der Waals surface area contributed by atoms with Crippen LogP contribution in [0.3, 0.4) is 0 Å². The molecule has 0 unspecified atom stereocenters. The number of β-amino-alcohol motifs (C(OH)–C–C–N with tert-alkyl or cyclic N) is 1. The van der Waals surface area contributed by atoms with Crippen LogP contribution in [-0.2, 0) is 0 Å². The van der Waals surface area contributed by atoms with E-state index in [4.69, 9.17) is 0 Å². The van der Waals surface area contributed by atoms with E-state index in [0.29, 0.717) is 0 Å². The van der Waals surface area contributed by atoms with Crippen molar-refractivity contribution in [2.24, 2.45) is 0 Å². The van der Waals surface area contributed by atoms with E-state index in [1.54, 1.807) is 0 Å². The van der Waals surface area contributed by atoms with Crippen molar-refractivity contribution >= 4 is 0 Å². The predicted octanol–water partition coefficient (Wildman–Crippen LogP) is 1.39. The fourth-order valence-electron chi connectivity index (χ4n) is 2.55. The Morgan fingerprint density at radius 3 is 2.17 bits per heavy atom. The number of hydrogen-bond donors (Lipinski definition) is 1. The Labute approximate surface area is 74.6 Å². The highest BCUT2D eigenvalue weighted by Gasteiger charge is 2.33. The van der Waals surface area contributed by atoms with Crippen molar-refractivity contribution in [3.63, 3.8) is 0 Å². The maximum Gasteiger partial charge on any atom is 0.0774 e. The van der Waals surface area contributed by atoms with Gasteiger partial charge in [0.15, 0.2) is 0 Å². The molecule has 2 nitrogen and oxygen atoms in total. The number of rotatable bonds is 2. The Kier molecular flexibility index (Phi) is 2.37. The lowest BCUT2D eigenvalue weighted by Gasteiger charge is -2.27. The lowest BCUT2D eigenvalue weighted by Crippen LogP contribution is -2.39. The van der Waals surface area contributed by atoms with E-state index >= 15 is 0 Å². The molecule has 12 heavy (non-hydrogen) atoms. The summed E-state index contributed by atoms with van der Waals surface area (Å²) in [6.45, 7) is 3.36. The highest BCUT2D eigenvalue weighted by molar-refractivity contribution is 4.88. The van der Waals surface area contributed by atoms with Crippen molar-refractivity contribution in [1.82, 2.24) is 4.90 Å². The first-order valence-electron chi connectivity index (χ1n) is 5.23.